The van der Waals surface area contributed by atoms with E-state index in [9.17, 15) is 9.59 Å². The summed E-state index contributed by atoms with van der Waals surface area (Å²) in [5, 5.41) is 0. The zero-order chi connectivity index (χ0) is 12.9. The summed E-state index contributed by atoms with van der Waals surface area (Å²) in [7, 11) is 0. The van der Waals surface area contributed by atoms with Crippen LogP contribution in [-0.2, 0) is 19.1 Å². The Bertz CT molecular complexity index is 301. The lowest BCUT2D eigenvalue weighted by Crippen LogP contribution is -2.44. The minimum absolute atomic E-state index is 0.270. The number of hydrogen-bond acceptors (Lipinski definition) is 4. The van der Waals surface area contributed by atoms with Crippen molar-refractivity contribution in [1.29, 1.82) is 0 Å². The van der Waals surface area contributed by atoms with E-state index < -0.39 is 17.4 Å². The first-order valence-electron chi connectivity index (χ1n) is 6.08. The van der Waals surface area contributed by atoms with E-state index in [1.165, 1.54) is 0 Å². The van der Waals surface area contributed by atoms with Gasteiger partial charge in [-0.15, -0.1) is 0 Å². The molecule has 4 nitrogen and oxygen atoms in total. The Labute approximate surface area is 102 Å². The van der Waals surface area contributed by atoms with E-state index in [0.717, 1.165) is 18.4 Å². The van der Waals surface area contributed by atoms with Crippen LogP contribution in [0.4, 0.5) is 0 Å². The zero-order valence-electron chi connectivity index (χ0n) is 10.6. The summed E-state index contributed by atoms with van der Waals surface area (Å²) >= 11 is 0. The van der Waals surface area contributed by atoms with Gasteiger partial charge in [0.15, 0.2) is 5.41 Å². The van der Waals surface area contributed by atoms with Crippen molar-refractivity contribution in [2.75, 3.05) is 13.2 Å². The van der Waals surface area contributed by atoms with E-state index in [4.69, 9.17) is 9.47 Å². The number of ether oxygens (including phenoxy) is 2. The van der Waals surface area contributed by atoms with Crippen LogP contribution in [0.2, 0.25) is 0 Å². The molecule has 0 heterocycles. The first kappa shape index (κ1) is 13.7. The highest BCUT2D eigenvalue weighted by Crippen LogP contribution is 2.40. The van der Waals surface area contributed by atoms with Crippen molar-refractivity contribution >= 4 is 11.9 Å². The smallest absolute Gasteiger partial charge is 0.323 e. The molecular formula is C13H20O4. The van der Waals surface area contributed by atoms with Gasteiger partial charge in [-0.1, -0.05) is 12.2 Å². The standard InChI is InChI=1S/C13H20O4/c1-4-16-11(14)13(12(15)17-5-2)8-6-7-10(3)9-13/h3-9H2,1-2H3. The van der Waals surface area contributed by atoms with Gasteiger partial charge in [0, 0.05) is 0 Å². The molecule has 96 valence electrons. The molecule has 1 rings (SSSR count). The van der Waals surface area contributed by atoms with Gasteiger partial charge < -0.3 is 9.47 Å². The molecule has 4 heteroatoms. The molecule has 0 aromatic rings. The van der Waals surface area contributed by atoms with Gasteiger partial charge in [-0.3, -0.25) is 9.59 Å². The van der Waals surface area contributed by atoms with E-state index in [0.29, 0.717) is 12.8 Å². The van der Waals surface area contributed by atoms with Gasteiger partial charge in [-0.2, -0.15) is 0 Å². The molecule has 0 N–H and O–H groups in total. The third kappa shape index (κ3) is 2.87. The number of carbonyl (C=O) groups is 2. The highest BCUT2D eigenvalue weighted by atomic mass is 16.6. The molecular weight excluding hydrogens is 220 g/mol. The third-order valence-corrected chi connectivity index (χ3v) is 3.02. The molecule has 0 aromatic carbocycles. The van der Waals surface area contributed by atoms with Crippen LogP contribution in [0.5, 0.6) is 0 Å². The maximum absolute atomic E-state index is 12.0. The largest absolute Gasteiger partial charge is 0.465 e. The molecule has 0 bridgehead atoms. The first-order valence-corrected chi connectivity index (χ1v) is 6.08. The van der Waals surface area contributed by atoms with E-state index in [1.807, 2.05) is 0 Å². The van der Waals surface area contributed by atoms with E-state index in [2.05, 4.69) is 6.58 Å². The van der Waals surface area contributed by atoms with Gasteiger partial charge in [0.25, 0.3) is 0 Å². The van der Waals surface area contributed by atoms with Gasteiger partial charge >= 0.3 is 11.9 Å². The van der Waals surface area contributed by atoms with Crippen LogP contribution >= 0.6 is 0 Å². The second-order valence-corrected chi connectivity index (χ2v) is 4.30. The second kappa shape index (κ2) is 5.84. The lowest BCUT2D eigenvalue weighted by molar-refractivity contribution is -0.173. The lowest BCUT2D eigenvalue weighted by atomic mass is 9.72. The Morgan fingerprint density at radius 2 is 1.76 bits per heavy atom. The average molecular weight is 240 g/mol. The average Bonchev–Trinajstić information content (AvgIpc) is 2.29. The maximum Gasteiger partial charge on any atom is 0.323 e. The van der Waals surface area contributed by atoms with Gasteiger partial charge in [0.05, 0.1) is 13.2 Å². The molecule has 0 aliphatic heterocycles. The Hall–Kier alpha value is -1.32. The third-order valence-electron chi connectivity index (χ3n) is 3.02. The summed E-state index contributed by atoms with van der Waals surface area (Å²) in [5.74, 6) is -0.946. The lowest BCUT2D eigenvalue weighted by Gasteiger charge is -2.33. The van der Waals surface area contributed by atoms with Crippen LogP contribution in [0.25, 0.3) is 0 Å². The van der Waals surface area contributed by atoms with Crippen molar-refractivity contribution in [3.05, 3.63) is 12.2 Å². The van der Waals surface area contributed by atoms with E-state index in [1.54, 1.807) is 13.8 Å². The van der Waals surface area contributed by atoms with Gasteiger partial charge in [-0.05, 0) is 39.5 Å². The molecule has 0 amide bonds. The van der Waals surface area contributed by atoms with E-state index >= 15 is 0 Å². The number of rotatable bonds is 4. The molecule has 0 spiro atoms. The minimum Gasteiger partial charge on any atom is -0.465 e. The SMILES string of the molecule is C=C1CCCC(C(=O)OCC)(C(=O)OCC)C1. The Morgan fingerprint density at radius 3 is 2.18 bits per heavy atom. The summed E-state index contributed by atoms with van der Waals surface area (Å²) in [6.07, 6.45) is 2.48. The maximum atomic E-state index is 12.0. The van der Waals surface area contributed by atoms with Crippen LogP contribution in [-0.4, -0.2) is 25.2 Å². The molecule has 0 aromatic heterocycles. The first-order chi connectivity index (χ1) is 8.06. The predicted octanol–water partition coefficient (Wildman–Crippen LogP) is 2.23. The van der Waals surface area contributed by atoms with Crippen molar-refractivity contribution in [3.8, 4) is 0 Å². The van der Waals surface area contributed by atoms with E-state index in [-0.39, 0.29) is 13.2 Å². The number of esters is 2. The van der Waals surface area contributed by atoms with Gasteiger partial charge in [-0.25, -0.2) is 0 Å². The van der Waals surface area contributed by atoms with Crippen molar-refractivity contribution < 1.29 is 19.1 Å². The highest BCUT2D eigenvalue weighted by molar-refractivity contribution is 6.00. The molecule has 0 radical (unpaired) electrons. The normalized spacial score (nSPS) is 18.6. The van der Waals surface area contributed by atoms with Crippen LogP contribution < -0.4 is 0 Å². The molecule has 0 unspecified atom stereocenters. The van der Waals surface area contributed by atoms with Crippen molar-refractivity contribution in [2.45, 2.75) is 39.5 Å². The molecule has 17 heavy (non-hydrogen) atoms. The van der Waals surface area contributed by atoms with Crippen molar-refractivity contribution in [2.24, 2.45) is 5.41 Å². The fourth-order valence-electron chi connectivity index (χ4n) is 2.21. The monoisotopic (exact) mass is 240 g/mol. The zero-order valence-corrected chi connectivity index (χ0v) is 10.6. The fourth-order valence-corrected chi connectivity index (χ4v) is 2.21. The van der Waals surface area contributed by atoms with Crippen LogP contribution in [0.3, 0.4) is 0 Å². The summed E-state index contributed by atoms with van der Waals surface area (Å²) in [4.78, 5) is 24.0. The van der Waals surface area contributed by atoms with Crippen molar-refractivity contribution in [1.82, 2.24) is 0 Å². The quantitative estimate of drug-likeness (QED) is 0.429. The number of hydrogen-bond donors (Lipinski definition) is 0. The van der Waals surface area contributed by atoms with Crippen LogP contribution in [0.15, 0.2) is 12.2 Å². The van der Waals surface area contributed by atoms with Crippen LogP contribution in [0.1, 0.15) is 39.5 Å². The summed E-state index contributed by atoms with van der Waals surface area (Å²) in [6, 6.07) is 0. The minimum atomic E-state index is -1.15. The molecule has 1 aliphatic carbocycles. The van der Waals surface area contributed by atoms with Crippen LogP contribution in [0, 0.1) is 5.41 Å². The fraction of sp³-hybridized carbons (Fsp3) is 0.692. The topological polar surface area (TPSA) is 52.6 Å². The predicted molar refractivity (Wildman–Crippen MR) is 63.3 cm³/mol. The molecule has 1 fully saturated rings. The summed E-state index contributed by atoms with van der Waals surface area (Å²) < 4.78 is 10.0. The van der Waals surface area contributed by atoms with Crippen molar-refractivity contribution in [3.63, 3.8) is 0 Å². The molecule has 0 saturated heterocycles. The van der Waals surface area contributed by atoms with Gasteiger partial charge in [0.2, 0.25) is 0 Å². The summed E-state index contributed by atoms with van der Waals surface area (Å²) in [6.45, 7) is 7.88. The van der Waals surface area contributed by atoms with Gasteiger partial charge in [0.1, 0.15) is 0 Å². The molecule has 1 aliphatic rings. The Balaban J connectivity index is 2.94. The molecule has 1 saturated carbocycles. The Morgan fingerprint density at radius 1 is 1.24 bits per heavy atom. The number of carbonyl (C=O) groups excluding carboxylic acids is 2. The highest BCUT2D eigenvalue weighted by Gasteiger charge is 2.50. The molecule has 0 atom stereocenters. The number of allylic oxidation sites excluding steroid dienone is 1. The summed E-state index contributed by atoms with van der Waals surface area (Å²) in [5.41, 5.74) is -0.237. The Kier molecular flexibility index (Phi) is 4.73. The second-order valence-electron chi connectivity index (χ2n) is 4.30.